The van der Waals surface area contributed by atoms with Crippen LogP contribution in [0.15, 0.2) is 78.9 Å². The molecule has 0 atom stereocenters. The standard InChI is InChI=1S/C25H23N3O4.BrH/c1-31-24(30)17-32-20-13-11-19(12-14-20)23(29)16-28-22-10-6-5-9-21(22)27(25(28)26)15-18-7-3-2-4-8-18;/h2-14,26H,15-17H2,1H3;1H. The van der Waals surface area contributed by atoms with Gasteiger partial charge in [-0.05, 0) is 42.0 Å². The lowest BCUT2D eigenvalue weighted by atomic mass is 10.1. The van der Waals surface area contributed by atoms with Crippen LogP contribution in [0.4, 0.5) is 0 Å². The highest BCUT2D eigenvalue weighted by atomic mass is 79.9. The SMILES string of the molecule is Br.COC(=O)COc1ccc(C(=O)Cn2c(=N)n(Cc3ccccc3)c3ccccc32)cc1. The van der Waals surface area contributed by atoms with Crippen molar-refractivity contribution in [1.82, 2.24) is 9.13 Å². The first-order valence-corrected chi connectivity index (χ1v) is 10.2. The highest BCUT2D eigenvalue weighted by molar-refractivity contribution is 8.93. The first kappa shape index (κ1) is 24.0. The van der Waals surface area contributed by atoms with Gasteiger partial charge in [0.05, 0.1) is 31.2 Å². The number of hydrogen-bond acceptors (Lipinski definition) is 5. The number of fused-ring (bicyclic) bond motifs is 1. The number of nitrogens with zero attached hydrogens (tertiary/aromatic N) is 2. The van der Waals surface area contributed by atoms with Gasteiger partial charge in [-0.2, -0.15) is 0 Å². The third kappa shape index (κ3) is 5.40. The van der Waals surface area contributed by atoms with Crippen LogP contribution in [0, 0.1) is 5.41 Å². The number of ether oxygens (including phenoxy) is 2. The van der Waals surface area contributed by atoms with E-state index in [0.29, 0.717) is 17.9 Å². The Morgan fingerprint density at radius 1 is 0.848 bits per heavy atom. The van der Waals surface area contributed by atoms with Crippen LogP contribution < -0.4 is 10.4 Å². The Labute approximate surface area is 201 Å². The second-order valence-electron chi connectivity index (χ2n) is 7.28. The number of carbonyl (C=O) groups excluding carboxylic acids is 2. The Kier molecular flexibility index (Phi) is 7.84. The number of benzene rings is 3. The van der Waals surface area contributed by atoms with Crippen LogP contribution in [0.25, 0.3) is 11.0 Å². The predicted octanol–water partition coefficient (Wildman–Crippen LogP) is 3.98. The van der Waals surface area contributed by atoms with Crippen LogP contribution in [-0.2, 0) is 22.6 Å². The summed E-state index contributed by atoms with van der Waals surface area (Å²) in [5.74, 6) is -0.123. The first-order valence-electron chi connectivity index (χ1n) is 10.2. The Morgan fingerprint density at radius 3 is 2.09 bits per heavy atom. The van der Waals surface area contributed by atoms with Crippen molar-refractivity contribution in [1.29, 1.82) is 5.41 Å². The monoisotopic (exact) mass is 509 g/mol. The summed E-state index contributed by atoms with van der Waals surface area (Å²) >= 11 is 0. The molecule has 33 heavy (non-hydrogen) atoms. The van der Waals surface area contributed by atoms with E-state index in [1.807, 2.05) is 59.2 Å². The van der Waals surface area contributed by atoms with Gasteiger partial charge in [0.2, 0.25) is 5.62 Å². The number of Topliss-reactive ketones (excluding diaryl/α,β-unsaturated/α-hetero) is 1. The third-order valence-corrected chi connectivity index (χ3v) is 5.22. The largest absolute Gasteiger partial charge is 0.482 e. The average molecular weight is 510 g/mol. The van der Waals surface area contributed by atoms with E-state index in [9.17, 15) is 9.59 Å². The molecule has 0 bridgehead atoms. The minimum atomic E-state index is -0.476. The molecule has 0 unspecified atom stereocenters. The molecule has 8 heteroatoms. The Balaban J connectivity index is 0.00000306. The molecule has 0 spiro atoms. The lowest BCUT2D eigenvalue weighted by Gasteiger charge is -2.07. The van der Waals surface area contributed by atoms with Gasteiger partial charge in [0.25, 0.3) is 0 Å². The van der Waals surface area contributed by atoms with Gasteiger partial charge < -0.3 is 18.6 Å². The highest BCUT2D eigenvalue weighted by Gasteiger charge is 2.15. The Hall–Kier alpha value is -3.65. The number of methoxy groups -OCH3 is 1. The molecule has 3 aromatic carbocycles. The van der Waals surface area contributed by atoms with E-state index in [1.165, 1.54) is 7.11 Å². The molecule has 0 amide bonds. The lowest BCUT2D eigenvalue weighted by Crippen LogP contribution is -2.27. The molecule has 7 nitrogen and oxygen atoms in total. The number of imidazole rings is 1. The molecule has 0 fully saturated rings. The number of ketones is 1. The predicted molar refractivity (Wildman–Crippen MR) is 130 cm³/mol. The molecular weight excluding hydrogens is 486 g/mol. The number of hydrogen-bond donors (Lipinski definition) is 1. The van der Waals surface area contributed by atoms with Gasteiger partial charge in [0, 0.05) is 5.56 Å². The molecule has 0 radical (unpaired) electrons. The molecule has 0 aliphatic rings. The van der Waals surface area contributed by atoms with E-state index in [1.54, 1.807) is 28.8 Å². The van der Waals surface area contributed by atoms with E-state index >= 15 is 0 Å². The molecule has 170 valence electrons. The van der Waals surface area contributed by atoms with Crippen molar-refractivity contribution in [2.24, 2.45) is 0 Å². The van der Waals surface area contributed by atoms with Crippen molar-refractivity contribution < 1.29 is 19.1 Å². The number of para-hydroxylation sites is 2. The number of esters is 1. The molecule has 0 saturated heterocycles. The molecule has 1 N–H and O–H groups in total. The summed E-state index contributed by atoms with van der Waals surface area (Å²) < 4.78 is 13.5. The molecule has 1 aromatic heterocycles. The van der Waals surface area contributed by atoms with Crippen molar-refractivity contribution in [3.05, 3.63) is 95.6 Å². The maximum absolute atomic E-state index is 13.0. The van der Waals surface area contributed by atoms with Gasteiger partial charge in [0.15, 0.2) is 12.4 Å². The van der Waals surface area contributed by atoms with E-state index < -0.39 is 5.97 Å². The van der Waals surface area contributed by atoms with Gasteiger partial charge in [-0.15, -0.1) is 17.0 Å². The molecule has 4 rings (SSSR count). The molecular formula is C25H24BrN3O4. The highest BCUT2D eigenvalue weighted by Crippen LogP contribution is 2.17. The summed E-state index contributed by atoms with van der Waals surface area (Å²) in [5, 5.41) is 8.74. The van der Waals surface area contributed by atoms with Gasteiger partial charge in [-0.3, -0.25) is 10.2 Å². The fourth-order valence-corrected chi connectivity index (χ4v) is 3.55. The van der Waals surface area contributed by atoms with Crippen LogP contribution in [0.2, 0.25) is 0 Å². The van der Waals surface area contributed by atoms with Gasteiger partial charge in [-0.25, -0.2) is 4.79 Å². The molecule has 0 saturated carbocycles. The number of halogens is 1. The van der Waals surface area contributed by atoms with Crippen LogP contribution in [0.3, 0.4) is 0 Å². The number of carbonyl (C=O) groups is 2. The van der Waals surface area contributed by atoms with Crippen LogP contribution in [-0.4, -0.2) is 34.6 Å². The smallest absolute Gasteiger partial charge is 0.343 e. The summed E-state index contributed by atoms with van der Waals surface area (Å²) in [4.78, 5) is 24.2. The van der Waals surface area contributed by atoms with Gasteiger partial charge in [0.1, 0.15) is 5.75 Å². The number of rotatable bonds is 8. The zero-order chi connectivity index (χ0) is 22.5. The molecule has 0 aliphatic heterocycles. The fraction of sp³-hybridized carbons (Fsp3) is 0.160. The Morgan fingerprint density at radius 2 is 1.45 bits per heavy atom. The first-order chi connectivity index (χ1) is 15.6. The summed E-state index contributed by atoms with van der Waals surface area (Å²) in [6, 6.07) is 24.3. The number of nitrogens with one attached hydrogen (secondary N) is 1. The van der Waals surface area contributed by atoms with Crippen molar-refractivity contribution >= 4 is 39.8 Å². The van der Waals surface area contributed by atoms with E-state index in [2.05, 4.69) is 4.74 Å². The van der Waals surface area contributed by atoms with Crippen molar-refractivity contribution in [3.8, 4) is 5.75 Å². The van der Waals surface area contributed by atoms with Crippen molar-refractivity contribution in [3.63, 3.8) is 0 Å². The quantitative estimate of drug-likeness (QED) is 0.287. The maximum atomic E-state index is 13.0. The van der Waals surface area contributed by atoms with Crippen molar-refractivity contribution in [2.45, 2.75) is 13.1 Å². The lowest BCUT2D eigenvalue weighted by molar-refractivity contribution is -0.142. The zero-order valence-corrected chi connectivity index (χ0v) is 19.8. The minimum Gasteiger partial charge on any atom is -0.482 e. The van der Waals surface area contributed by atoms with E-state index in [-0.39, 0.29) is 41.5 Å². The summed E-state index contributed by atoms with van der Waals surface area (Å²) in [5.41, 5.74) is 3.59. The summed E-state index contributed by atoms with van der Waals surface area (Å²) in [7, 11) is 1.29. The minimum absolute atomic E-state index is 0. The zero-order valence-electron chi connectivity index (χ0n) is 18.1. The van der Waals surface area contributed by atoms with Crippen LogP contribution >= 0.6 is 17.0 Å². The van der Waals surface area contributed by atoms with E-state index in [0.717, 1.165) is 16.6 Å². The maximum Gasteiger partial charge on any atom is 0.343 e. The second-order valence-corrected chi connectivity index (χ2v) is 7.28. The Bertz CT molecular complexity index is 1310. The molecule has 4 aromatic rings. The summed E-state index contributed by atoms with van der Waals surface area (Å²) in [6.07, 6.45) is 0. The van der Waals surface area contributed by atoms with Gasteiger partial charge in [-0.1, -0.05) is 42.5 Å². The average Bonchev–Trinajstić information content (AvgIpc) is 3.09. The molecule has 0 aliphatic carbocycles. The van der Waals surface area contributed by atoms with Crippen LogP contribution in [0.5, 0.6) is 5.75 Å². The second kappa shape index (κ2) is 10.8. The summed E-state index contributed by atoms with van der Waals surface area (Å²) in [6.45, 7) is 0.403. The van der Waals surface area contributed by atoms with Gasteiger partial charge >= 0.3 is 5.97 Å². The topological polar surface area (TPSA) is 86.3 Å². The normalized spacial score (nSPS) is 10.5. The third-order valence-electron chi connectivity index (χ3n) is 5.22. The fourth-order valence-electron chi connectivity index (χ4n) is 3.55. The van der Waals surface area contributed by atoms with Crippen LogP contribution in [0.1, 0.15) is 15.9 Å². The number of aromatic nitrogens is 2. The van der Waals surface area contributed by atoms with E-state index in [4.69, 9.17) is 10.1 Å². The molecule has 1 heterocycles. The van der Waals surface area contributed by atoms with Crippen molar-refractivity contribution in [2.75, 3.05) is 13.7 Å².